The summed E-state index contributed by atoms with van der Waals surface area (Å²) in [7, 11) is 0. The number of anilines is 1. The number of nitriles is 1. The molecule has 0 spiro atoms. The van der Waals surface area contributed by atoms with Gasteiger partial charge in [0.2, 0.25) is 5.28 Å². The van der Waals surface area contributed by atoms with E-state index < -0.39 is 11.7 Å². The van der Waals surface area contributed by atoms with Crippen LogP contribution in [0.25, 0.3) is 11.0 Å². The van der Waals surface area contributed by atoms with Crippen LogP contribution < -0.4 is 4.90 Å². The molecule has 2 aromatic heterocycles. The van der Waals surface area contributed by atoms with Gasteiger partial charge in [-0.05, 0) is 60.7 Å². The first-order valence-corrected chi connectivity index (χ1v) is 12.5. The Morgan fingerprint density at radius 3 is 2.28 bits per heavy atom. The van der Waals surface area contributed by atoms with E-state index in [1.165, 1.54) is 12.1 Å². The van der Waals surface area contributed by atoms with Crippen LogP contribution in [0.15, 0.2) is 36.4 Å². The summed E-state index contributed by atoms with van der Waals surface area (Å²) in [6.45, 7) is 7.62. The predicted molar refractivity (Wildman–Crippen MR) is 134 cm³/mol. The number of piperazine rings is 1. The second kappa shape index (κ2) is 10.6. The molecular formula is C26H28ClF3N6. The van der Waals surface area contributed by atoms with Gasteiger partial charge in [0.05, 0.1) is 11.1 Å². The summed E-state index contributed by atoms with van der Waals surface area (Å²) in [6.07, 6.45) is -1.92. The van der Waals surface area contributed by atoms with Crippen LogP contribution in [0.3, 0.4) is 0 Å². The maximum absolute atomic E-state index is 13.1. The van der Waals surface area contributed by atoms with E-state index in [1.807, 2.05) is 0 Å². The van der Waals surface area contributed by atoms with E-state index in [4.69, 9.17) is 11.6 Å². The lowest BCUT2D eigenvalue weighted by Gasteiger charge is -2.49. The lowest BCUT2D eigenvalue weighted by atomic mass is 9.94. The molecule has 1 unspecified atom stereocenters. The number of pyridine rings is 1. The van der Waals surface area contributed by atoms with Crippen molar-refractivity contribution in [3.05, 3.63) is 58.5 Å². The van der Waals surface area contributed by atoms with Crippen LogP contribution in [-0.4, -0.2) is 45.0 Å². The maximum atomic E-state index is 13.1. The molecule has 6 nitrogen and oxygen atoms in total. The minimum Gasteiger partial charge on any atom is -0.349 e. The van der Waals surface area contributed by atoms with Crippen molar-refractivity contribution >= 4 is 28.5 Å². The highest BCUT2D eigenvalue weighted by molar-refractivity contribution is 6.28. The van der Waals surface area contributed by atoms with Crippen molar-refractivity contribution in [3.8, 4) is 6.07 Å². The van der Waals surface area contributed by atoms with Crippen molar-refractivity contribution in [2.75, 3.05) is 18.0 Å². The molecule has 10 heteroatoms. The fraction of sp³-hybridized carbons (Fsp3) is 0.462. The summed E-state index contributed by atoms with van der Waals surface area (Å²) in [6, 6.07) is 11.1. The molecule has 1 fully saturated rings. The smallest absolute Gasteiger partial charge is 0.349 e. The molecule has 3 aromatic rings. The third kappa shape index (κ3) is 5.11. The molecule has 0 bridgehead atoms. The van der Waals surface area contributed by atoms with Crippen LogP contribution >= 0.6 is 11.6 Å². The Bertz CT molecular complexity index is 1260. The van der Waals surface area contributed by atoms with Gasteiger partial charge in [-0.25, -0.2) is 9.97 Å². The fourth-order valence-electron chi connectivity index (χ4n) is 5.12. The van der Waals surface area contributed by atoms with E-state index in [9.17, 15) is 18.4 Å². The van der Waals surface area contributed by atoms with Crippen molar-refractivity contribution in [3.63, 3.8) is 0 Å². The normalized spacial score (nSPS) is 19.9. The predicted octanol–water partition coefficient (Wildman–Crippen LogP) is 6.40. The number of nitrogens with zero attached hydrogens (tertiary/aromatic N) is 6. The molecule has 3 atom stereocenters. The third-order valence-corrected chi connectivity index (χ3v) is 7.14. The summed E-state index contributed by atoms with van der Waals surface area (Å²) in [5.74, 6) is 0.606. The van der Waals surface area contributed by atoms with Crippen molar-refractivity contribution in [1.82, 2.24) is 19.9 Å². The molecule has 0 amide bonds. The zero-order valence-corrected chi connectivity index (χ0v) is 21.2. The van der Waals surface area contributed by atoms with Crippen LogP contribution in [0.1, 0.15) is 62.9 Å². The Kier molecular flexibility index (Phi) is 7.67. The van der Waals surface area contributed by atoms with Crippen molar-refractivity contribution in [2.24, 2.45) is 0 Å². The second-order valence-electron chi connectivity index (χ2n) is 9.01. The minimum atomic E-state index is -4.35. The number of halogens is 4. The van der Waals surface area contributed by atoms with Crippen LogP contribution in [0.5, 0.6) is 0 Å². The number of hydrogen-bond donors (Lipinski definition) is 0. The summed E-state index contributed by atoms with van der Waals surface area (Å²) in [4.78, 5) is 17.9. The highest BCUT2D eigenvalue weighted by Gasteiger charge is 2.38. The van der Waals surface area contributed by atoms with Crippen molar-refractivity contribution in [2.45, 2.75) is 64.3 Å². The average molecular weight is 517 g/mol. The van der Waals surface area contributed by atoms with E-state index in [-0.39, 0.29) is 29.1 Å². The zero-order valence-electron chi connectivity index (χ0n) is 20.4. The minimum absolute atomic E-state index is 0.0116. The molecule has 190 valence electrons. The van der Waals surface area contributed by atoms with E-state index in [0.717, 1.165) is 24.8 Å². The molecule has 1 saturated heterocycles. The Labute approximate surface area is 213 Å². The van der Waals surface area contributed by atoms with Gasteiger partial charge < -0.3 is 4.90 Å². The summed E-state index contributed by atoms with van der Waals surface area (Å²) in [5.41, 5.74) is 1.63. The average Bonchev–Trinajstić information content (AvgIpc) is 2.87. The van der Waals surface area contributed by atoms with Crippen LogP contribution in [-0.2, 0) is 6.18 Å². The quantitative estimate of drug-likeness (QED) is 0.353. The molecule has 0 N–H and O–H groups in total. The van der Waals surface area contributed by atoms with Gasteiger partial charge >= 0.3 is 6.18 Å². The maximum Gasteiger partial charge on any atom is 0.416 e. The molecule has 1 aliphatic heterocycles. The Hall–Kier alpha value is -2.96. The SMILES string of the molecule is CCC(c1ccc(C(F)(F)F)cc1)N1C[C@H](CC)N(c2nc(Cl)nc3ccc(C#N)nc23)C[C@H]1CC. The molecule has 4 rings (SSSR count). The van der Waals surface area contributed by atoms with Gasteiger partial charge in [-0.3, -0.25) is 4.90 Å². The largest absolute Gasteiger partial charge is 0.416 e. The van der Waals surface area contributed by atoms with Crippen LogP contribution in [0.2, 0.25) is 5.28 Å². The number of rotatable bonds is 6. The van der Waals surface area contributed by atoms with Crippen LogP contribution in [0.4, 0.5) is 19.0 Å². The standard InChI is InChI=1S/C26H28ClF3N6/c1-4-19-15-36(24-23-21(33-25(27)34-24)12-11-18(13-31)32-23)20(5-2)14-35(19)22(6-3)16-7-9-17(10-8-16)26(28,29)30/h7-12,19-20,22H,4-6,14-15H2,1-3H3/t19-,20+,22?/m1/s1. The monoisotopic (exact) mass is 516 g/mol. The molecule has 0 radical (unpaired) electrons. The number of fused-ring (bicyclic) bond motifs is 1. The molecule has 0 saturated carbocycles. The summed E-state index contributed by atoms with van der Waals surface area (Å²) in [5, 5.41) is 9.48. The first kappa shape index (κ1) is 26.1. The van der Waals surface area contributed by atoms with E-state index in [2.05, 4.69) is 51.6 Å². The van der Waals surface area contributed by atoms with Crippen LogP contribution in [0, 0.1) is 11.3 Å². The van der Waals surface area contributed by atoms with E-state index >= 15 is 0 Å². The highest BCUT2D eigenvalue weighted by Crippen LogP contribution is 2.37. The molecule has 0 aliphatic carbocycles. The van der Waals surface area contributed by atoms with Gasteiger partial charge in [0.15, 0.2) is 5.82 Å². The number of aromatic nitrogens is 3. The van der Waals surface area contributed by atoms with Gasteiger partial charge in [0.1, 0.15) is 17.3 Å². The first-order valence-electron chi connectivity index (χ1n) is 12.1. The lowest BCUT2D eigenvalue weighted by molar-refractivity contribution is -0.137. The summed E-state index contributed by atoms with van der Waals surface area (Å²) < 4.78 is 39.3. The topological polar surface area (TPSA) is 68.9 Å². The molecular weight excluding hydrogens is 489 g/mol. The van der Waals surface area contributed by atoms with Gasteiger partial charge in [-0.2, -0.15) is 23.4 Å². The van der Waals surface area contributed by atoms with Crippen molar-refractivity contribution < 1.29 is 13.2 Å². The van der Waals surface area contributed by atoms with Gasteiger partial charge in [0.25, 0.3) is 0 Å². The van der Waals surface area contributed by atoms with E-state index in [0.29, 0.717) is 29.9 Å². The number of alkyl halides is 3. The molecule has 1 aromatic carbocycles. The van der Waals surface area contributed by atoms with Crippen molar-refractivity contribution in [1.29, 1.82) is 5.26 Å². The van der Waals surface area contributed by atoms with E-state index in [1.54, 1.807) is 24.3 Å². The van der Waals surface area contributed by atoms with Gasteiger partial charge in [0, 0.05) is 31.2 Å². The Morgan fingerprint density at radius 1 is 1.00 bits per heavy atom. The fourth-order valence-corrected chi connectivity index (χ4v) is 5.29. The molecule has 3 heterocycles. The first-order chi connectivity index (χ1) is 17.2. The zero-order chi connectivity index (χ0) is 26.0. The number of benzene rings is 1. The molecule has 36 heavy (non-hydrogen) atoms. The van der Waals surface area contributed by atoms with Gasteiger partial charge in [-0.1, -0.05) is 32.9 Å². The summed E-state index contributed by atoms with van der Waals surface area (Å²) >= 11 is 6.27. The Morgan fingerprint density at radius 2 is 1.69 bits per heavy atom. The van der Waals surface area contributed by atoms with Gasteiger partial charge in [-0.15, -0.1) is 0 Å². The third-order valence-electron chi connectivity index (χ3n) is 6.97. The Balaban J connectivity index is 1.70. The second-order valence-corrected chi connectivity index (χ2v) is 9.35. The highest BCUT2D eigenvalue weighted by atomic mass is 35.5. The molecule has 1 aliphatic rings. The number of hydrogen-bond acceptors (Lipinski definition) is 6. The lowest BCUT2D eigenvalue weighted by Crippen LogP contribution is -2.59.